The van der Waals surface area contributed by atoms with Crippen LogP contribution in [0.15, 0.2) is 46.9 Å². The summed E-state index contributed by atoms with van der Waals surface area (Å²) in [5.41, 5.74) is 2.88. The highest BCUT2D eigenvalue weighted by Crippen LogP contribution is 2.26. The van der Waals surface area contributed by atoms with Crippen LogP contribution in [-0.4, -0.2) is 6.54 Å². The smallest absolute Gasteiger partial charge is 0.128 e. The first kappa shape index (κ1) is 16.2. The van der Waals surface area contributed by atoms with E-state index in [0.717, 1.165) is 35.0 Å². The van der Waals surface area contributed by atoms with Crippen LogP contribution in [0.25, 0.3) is 0 Å². The monoisotopic (exact) mass is 349 g/mol. The summed E-state index contributed by atoms with van der Waals surface area (Å²) in [6, 6.07) is 13.6. The van der Waals surface area contributed by atoms with E-state index in [1.54, 1.807) is 6.07 Å². The number of hydrogen-bond donors (Lipinski definition) is 1. The minimum atomic E-state index is -0.129. The molecule has 2 aromatic rings. The van der Waals surface area contributed by atoms with Crippen molar-refractivity contribution < 1.29 is 4.39 Å². The lowest BCUT2D eigenvalue weighted by Gasteiger charge is -2.20. The third-order valence-electron chi connectivity index (χ3n) is 3.55. The number of nitrogens with one attached hydrogen (secondary N) is 1. The fraction of sp³-hybridized carbons (Fsp3) is 0.333. The number of benzene rings is 2. The third-order valence-corrected chi connectivity index (χ3v) is 4.33. The van der Waals surface area contributed by atoms with E-state index in [1.165, 1.54) is 5.56 Å². The normalized spacial score (nSPS) is 12.4. The predicted octanol–water partition coefficient (Wildman–Crippen LogP) is 5.18. The van der Waals surface area contributed by atoms with E-state index >= 15 is 0 Å². The minimum absolute atomic E-state index is 0.00995. The lowest BCUT2D eigenvalue weighted by atomic mass is 9.97. The molecule has 0 aliphatic carbocycles. The van der Waals surface area contributed by atoms with Crippen LogP contribution in [0.1, 0.15) is 36.1 Å². The van der Waals surface area contributed by atoms with Crippen LogP contribution >= 0.6 is 15.9 Å². The van der Waals surface area contributed by atoms with Crippen molar-refractivity contribution >= 4 is 15.9 Å². The summed E-state index contributed by atoms with van der Waals surface area (Å²) < 4.78 is 15.3. The zero-order chi connectivity index (χ0) is 15.2. The van der Waals surface area contributed by atoms with Gasteiger partial charge in [-0.3, -0.25) is 0 Å². The lowest BCUT2D eigenvalue weighted by molar-refractivity contribution is 0.496. The summed E-state index contributed by atoms with van der Waals surface area (Å²) in [4.78, 5) is 0. The molecule has 1 N–H and O–H groups in total. The van der Waals surface area contributed by atoms with Crippen LogP contribution in [0.3, 0.4) is 0 Å². The average molecular weight is 350 g/mol. The molecule has 0 aliphatic heterocycles. The lowest BCUT2D eigenvalue weighted by Crippen LogP contribution is -2.25. The Morgan fingerprint density at radius 3 is 2.62 bits per heavy atom. The second-order valence-electron chi connectivity index (χ2n) is 5.33. The Morgan fingerprint density at radius 1 is 1.19 bits per heavy atom. The number of rotatable bonds is 6. The Kier molecular flexibility index (Phi) is 5.95. The molecular weight excluding hydrogens is 329 g/mol. The molecule has 3 heteroatoms. The minimum Gasteiger partial charge on any atom is -0.310 e. The highest BCUT2D eigenvalue weighted by Gasteiger charge is 2.16. The molecule has 21 heavy (non-hydrogen) atoms. The van der Waals surface area contributed by atoms with Gasteiger partial charge in [0.25, 0.3) is 0 Å². The van der Waals surface area contributed by atoms with Crippen LogP contribution < -0.4 is 5.32 Å². The topological polar surface area (TPSA) is 12.0 Å². The molecular formula is C18H21BrFN. The zero-order valence-electron chi connectivity index (χ0n) is 12.5. The molecule has 0 spiro atoms. The van der Waals surface area contributed by atoms with Crippen molar-refractivity contribution in [3.8, 4) is 0 Å². The molecule has 1 nitrogen and oxygen atoms in total. The molecule has 1 unspecified atom stereocenters. The second-order valence-corrected chi connectivity index (χ2v) is 6.18. The molecule has 112 valence electrons. The van der Waals surface area contributed by atoms with Crippen LogP contribution in [0.2, 0.25) is 0 Å². The van der Waals surface area contributed by atoms with Gasteiger partial charge in [0.2, 0.25) is 0 Å². The van der Waals surface area contributed by atoms with Crippen LogP contribution in [0, 0.1) is 12.7 Å². The molecule has 0 bridgehead atoms. The Balaban J connectivity index is 2.27. The summed E-state index contributed by atoms with van der Waals surface area (Å²) in [6.45, 7) is 4.91. The van der Waals surface area contributed by atoms with E-state index in [-0.39, 0.29) is 11.9 Å². The maximum Gasteiger partial charge on any atom is 0.128 e. The molecule has 1 atom stereocenters. The fourth-order valence-electron chi connectivity index (χ4n) is 2.41. The van der Waals surface area contributed by atoms with Crippen LogP contribution in [0.4, 0.5) is 4.39 Å². The summed E-state index contributed by atoms with van der Waals surface area (Å²) in [5, 5.41) is 3.46. The van der Waals surface area contributed by atoms with Gasteiger partial charge < -0.3 is 5.32 Å². The first-order chi connectivity index (χ1) is 10.1. The van der Waals surface area contributed by atoms with Gasteiger partial charge in [-0.2, -0.15) is 0 Å². The van der Waals surface area contributed by atoms with Gasteiger partial charge in [-0.15, -0.1) is 0 Å². The molecule has 0 aliphatic rings. The molecule has 0 saturated heterocycles. The van der Waals surface area contributed by atoms with Crippen molar-refractivity contribution in [2.45, 2.75) is 32.7 Å². The van der Waals surface area contributed by atoms with Crippen molar-refractivity contribution in [2.75, 3.05) is 6.54 Å². The Hall–Kier alpha value is -1.19. The van der Waals surface area contributed by atoms with Crippen molar-refractivity contribution in [1.82, 2.24) is 5.32 Å². The van der Waals surface area contributed by atoms with E-state index < -0.39 is 0 Å². The second kappa shape index (κ2) is 7.71. The van der Waals surface area contributed by atoms with Gasteiger partial charge in [-0.05, 0) is 49.6 Å². The maximum atomic E-state index is 14.3. The fourth-order valence-corrected chi connectivity index (χ4v) is 2.86. The first-order valence-corrected chi connectivity index (χ1v) is 8.14. The van der Waals surface area contributed by atoms with Crippen LogP contribution in [-0.2, 0) is 6.42 Å². The predicted molar refractivity (Wildman–Crippen MR) is 90.0 cm³/mol. The molecule has 0 amide bonds. The summed E-state index contributed by atoms with van der Waals surface area (Å²) >= 11 is 3.57. The molecule has 0 heterocycles. The summed E-state index contributed by atoms with van der Waals surface area (Å²) in [6.07, 6.45) is 1.79. The van der Waals surface area contributed by atoms with Crippen molar-refractivity contribution in [1.29, 1.82) is 0 Å². The number of hydrogen-bond acceptors (Lipinski definition) is 1. The van der Waals surface area contributed by atoms with Gasteiger partial charge in [0.05, 0.1) is 0 Å². The van der Waals surface area contributed by atoms with E-state index in [0.29, 0.717) is 0 Å². The SMILES string of the molecule is CCCNC(Cc1ccccc1Br)c1ccc(C)cc1F. The highest BCUT2D eigenvalue weighted by molar-refractivity contribution is 9.10. The highest BCUT2D eigenvalue weighted by atomic mass is 79.9. The van der Waals surface area contributed by atoms with E-state index in [1.807, 2.05) is 37.3 Å². The van der Waals surface area contributed by atoms with Gasteiger partial charge >= 0.3 is 0 Å². The zero-order valence-corrected chi connectivity index (χ0v) is 14.1. The van der Waals surface area contributed by atoms with Gasteiger partial charge in [-0.1, -0.05) is 53.2 Å². The Labute approximate surface area is 134 Å². The average Bonchev–Trinajstić information content (AvgIpc) is 2.46. The Bertz CT molecular complexity index is 598. The van der Waals surface area contributed by atoms with Crippen molar-refractivity contribution in [2.24, 2.45) is 0 Å². The molecule has 0 aromatic heterocycles. The van der Waals surface area contributed by atoms with Gasteiger partial charge in [0.15, 0.2) is 0 Å². The maximum absolute atomic E-state index is 14.3. The molecule has 0 saturated carbocycles. The van der Waals surface area contributed by atoms with Gasteiger partial charge in [0.1, 0.15) is 5.82 Å². The summed E-state index contributed by atoms with van der Waals surface area (Å²) in [5.74, 6) is -0.129. The first-order valence-electron chi connectivity index (χ1n) is 7.34. The molecule has 2 rings (SSSR count). The van der Waals surface area contributed by atoms with Crippen molar-refractivity contribution in [3.05, 3.63) is 69.4 Å². The molecule has 2 aromatic carbocycles. The van der Waals surface area contributed by atoms with Crippen molar-refractivity contribution in [3.63, 3.8) is 0 Å². The largest absolute Gasteiger partial charge is 0.310 e. The van der Waals surface area contributed by atoms with E-state index in [4.69, 9.17) is 0 Å². The molecule has 0 radical (unpaired) electrons. The van der Waals surface area contributed by atoms with E-state index in [9.17, 15) is 4.39 Å². The standard InChI is InChI=1S/C18H21BrFN/c1-3-10-21-18(12-14-6-4-5-7-16(14)19)15-9-8-13(2)11-17(15)20/h4-9,11,18,21H,3,10,12H2,1-2H3. The van der Waals surface area contributed by atoms with Gasteiger partial charge in [-0.25, -0.2) is 4.39 Å². The Morgan fingerprint density at radius 2 is 1.95 bits per heavy atom. The molecule has 0 fully saturated rings. The van der Waals surface area contributed by atoms with Gasteiger partial charge in [0, 0.05) is 16.1 Å². The number of halogens is 2. The van der Waals surface area contributed by atoms with Crippen LogP contribution in [0.5, 0.6) is 0 Å². The quantitative estimate of drug-likeness (QED) is 0.757. The van der Waals surface area contributed by atoms with E-state index in [2.05, 4.69) is 34.2 Å². The number of aryl methyl sites for hydroxylation is 1. The third kappa shape index (κ3) is 4.39. The summed E-state index contributed by atoms with van der Waals surface area (Å²) in [7, 11) is 0.